The summed E-state index contributed by atoms with van der Waals surface area (Å²) in [5.41, 5.74) is 1.00. The predicted molar refractivity (Wildman–Crippen MR) is 92.5 cm³/mol. The molecule has 0 aliphatic heterocycles. The summed E-state index contributed by atoms with van der Waals surface area (Å²) >= 11 is 0. The van der Waals surface area contributed by atoms with Gasteiger partial charge in [0.05, 0.1) is 17.3 Å². The third-order valence-corrected chi connectivity index (χ3v) is 4.37. The quantitative estimate of drug-likeness (QED) is 0.687. The van der Waals surface area contributed by atoms with Gasteiger partial charge < -0.3 is 5.32 Å². The number of aryl methyl sites for hydroxylation is 1. The van der Waals surface area contributed by atoms with Crippen LogP contribution in [0.5, 0.6) is 0 Å². The van der Waals surface area contributed by atoms with E-state index in [1.165, 1.54) is 13.0 Å². The molecule has 1 heterocycles. The van der Waals surface area contributed by atoms with Gasteiger partial charge >= 0.3 is 6.18 Å². The Morgan fingerprint density at radius 1 is 0.920 bits per heavy atom. The number of nitrogens with one attached hydrogen (secondary N) is 1. The maximum Gasteiger partial charge on any atom is 0.416 e. The molecule has 0 aliphatic rings. The van der Waals surface area contributed by atoms with Gasteiger partial charge in [0.25, 0.3) is 0 Å². The Morgan fingerprint density at radius 2 is 1.60 bits per heavy atom. The van der Waals surface area contributed by atoms with E-state index in [0.29, 0.717) is 11.4 Å². The van der Waals surface area contributed by atoms with Crippen LogP contribution < -0.4 is 5.32 Å². The largest absolute Gasteiger partial charge is 0.416 e. The van der Waals surface area contributed by atoms with Gasteiger partial charge in [-0.2, -0.15) is 18.3 Å². The first kappa shape index (κ1) is 17.2. The second kappa shape index (κ2) is 6.35. The number of rotatable bonds is 3. The highest BCUT2D eigenvalue weighted by atomic mass is 19.4. The van der Waals surface area contributed by atoms with Crippen LogP contribution in [-0.2, 0) is 6.18 Å². The molecule has 0 fully saturated rings. The van der Waals surface area contributed by atoms with Crippen LogP contribution in [0.3, 0.4) is 0 Å². The summed E-state index contributed by atoms with van der Waals surface area (Å²) in [4.78, 5) is 0. The minimum atomic E-state index is -4.36. The van der Waals surface area contributed by atoms with Crippen molar-refractivity contribution >= 4 is 16.6 Å². The second-order valence-corrected chi connectivity index (χ2v) is 6.06. The molecule has 0 spiro atoms. The van der Waals surface area contributed by atoms with Crippen LogP contribution >= 0.6 is 0 Å². The normalized spacial score (nSPS) is 13.0. The molecular weight excluding hydrogens is 327 g/mol. The van der Waals surface area contributed by atoms with E-state index in [4.69, 9.17) is 0 Å². The molecule has 0 radical (unpaired) electrons. The number of halogens is 3. The second-order valence-electron chi connectivity index (χ2n) is 6.06. The molecule has 3 aromatic rings. The van der Waals surface area contributed by atoms with Gasteiger partial charge in [0.1, 0.15) is 0 Å². The summed E-state index contributed by atoms with van der Waals surface area (Å²) in [5.74, 6) is 0.561. The molecule has 0 saturated carbocycles. The monoisotopic (exact) mass is 345 g/mol. The van der Waals surface area contributed by atoms with E-state index < -0.39 is 11.7 Å². The van der Waals surface area contributed by atoms with E-state index in [2.05, 4.69) is 15.5 Å². The Bertz CT molecular complexity index is 919. The molecule has 130 valence electrons. The number of nitrogens with zero attached hydrogens (tertiary/aromatic N) is 2. The maximum absolute atomic E-state index is 13.1. The van der Waals surface area contributed by atoms with Crippen LogP contribution in [0.15, 0.2) is 42.5 Å². The number of hydrogen-bond donors (Lipinski definition) is 1. The molecule has 1 atom stereocenters. The minimum absolute atomic E-state index is 0.222. The standard InChI is InChI=1S/C19H18F3N3/c1-11-14(9-6-10-17(11)19(20,21)22)12(2)23-18-16-8-5-4-7-15(16)13(3)24-25-18/h4-10,12H,1-3H3,(H,23,25). The van der Waals surface area contributed by atoms with Gasteiger partial charge in [-0.25, -0.2) is 0 Å². The topological polar surface area (TPSA) is 37.8 Å². The van der Waals surface area contributed by atoms with E-state index in [1.807, 2.05) is 38.1 Å². The summed E-state index contributed by atoms with van der Waals surface area (Å²) in [5, 5.41) is 13.4. The van der Waals surface area contributed by atoms with E-state index >= 15 is 0 Å². The highest BCUT2D eigenvalue weighted by molar-refractivity contribution is 5.92. The summed E-state index contributed by atoms with van der Waals surface area (Å²) in [6.07, 6.45) is -4.36. The van der Waals surface area contributed by atoms with E-state index in [0.717, 1.165) is 22.5 Å². The maximum atomic E-state index is 13.1. The highest BCUT2D eigenvalue weighted by Gasteiger charge is 2.33. The fraction of sp³-hybridized carbons (Fsp3) is 0.263. The van der Waals surface area contributed by atoms with Crippen molar-refractivity contribution < 1.29 is 13.2 Å². The first-order valence-electron chi connectivity index (χ1n) is 7.94. The van der Waals surface area contributed by atoms with E-state index in [9.17, 15) is 13.2 Å². The first-order valence-corrected chi connectivity index (χ1v) is 7.94. The van der Waals surface area contributed by atoms with Crippen molar-refractivity contribution in [2.45, 2.75) is 33.0 Å². The van der Waals surface area contributed by atoms with Gasteiger partial charge in [0, 0.05) is 10.8 Å². The van der Waals surface area contributed by atoms with Gasteiger partial charge in [0.2, 0.25) is 0 Å². The number of benzene rings is 2. The summed E-state index contributed by atoms with van der Waals surface area (Å²) in [7, 11) is 0. The van der Waals surface area contributed by atoms with E-state index in [-0.39, 0.29) is 11.6 Å². The molecule has 0 saturated heterocycles. The van der Waals surface area contributed by atoms with Gasteiger partial charge in [-0.15, -0.1) is 5.10 Å². The number of aromatic nitrogens is 2. The van der Waals surface area contributed by atoms with Crippen LogP contribution in [-0.4, -0.2) is 10.2 Å². The zero-order chi connectivity index (χ0) is 18.2. The molecular formula is C19H18F3N3. The van der Waals surface area contributed by atoms with Crippen molar-refractivity contribution in [2.24, 2.45) is 0 Å². The molecule has 6 heteroatoms. The summed E-state index contributed by atoms with van der Waals surface area (Å²) in [6, 6.07) is 11.6. The predicted octanol–water partition coefficient (Wildman–Crippen LogP) is 5.44. The smallest absolute Gasteiger partial charge is 0.362 e. The number of fused-ring (bicyclic) bond motifs is 1. The van der Waals surface area contributed by atoms with Gasteiger partial charge in [-0.05, 0) is 38.0 Å². The Labute approximate surface area is 143 Å². The molecule has 25 heavy (non-hydrogen) atoms. The van der Waals surface area contributed by atoms with E-state index in [1.54, 1.807) is 6.07 Å². The van der Waals surface area contributed by atoms with Gasteiger partial charge in [0.15, 0.2) is 5.82 Å². The Balaban J connectivity index is 1.99. The third kappa shape index (κ3) is 3.29. The van der Waals surface area contributed by atoms with Crippen molar-refractivity contribution in [3.63, 3.8) is 0 Å². The lowest BCUT2D eigenvalue weighted by molar-refractivity contribution is -0.138. The zero-order valence-corrected chi connectivity index (χ0v) is 14.1. The average Bonchev–Trinajstić information content (AvgIpc) is 2.56. The Morgan fingerprint density at radius 3 is 2.28 bits per heavy atom. The number of anilines is 1. The molecule has 3 nitrogen and oxygen atoms in total. The number of alkyl halides is 3. The Kier molecular flexibility index (Phi) is 4.37. The average molecular weight is 345 g/mol. The summed E-state index contributed by atoms with van der Waals surface area (Å²) in [6.45, 7) is 5.19. The minimum Gasteiger partial charge on any atom is -0.362 e. The lowest BCUT2D eigenvalue weighted by Gasteiger charge is -2.20. The molecule has 1 N–H and O–H groups in total. The van der Waals surface area contributed by atoms with Crippen LogP contribution in [0.25, 0.3) is 10.8 Å². The molecule has 1 unspecified atom stereocenters. The Hall–Kier alpha value is -2.63. The van der Waals surface area contributed by atoms with Crippen molar-refractivity contribution in [3.8, 4) is 0 Å². The summed E-state index contributed by atoms with van der Waals surface area (Å²) < 4.78 is 39.4. The van der Waals surface area contributed by atoms with Crippen LogP contribution in [0.2, 0.25) is 0 Å². The van der Waals surface area contributed by atoms with Gasteiger partial charge in [-0.1, -0.05) is 36.4 Å². The van der Waals surface area contributed by atoms with Crippen LogP contribution in [0, 0.1) is 13.8 Å². The van der Waals surface area contributed by atoms with Crippen LogP contribution in [0.1, 0.15) is 35.3 Å². The number of hydrogen-bond acceptors (Lipinski definition) is 3. The molecule has 0 bridgehead atoms. The molecule has 0 aliphatic carbocycles. The van der Waals surface area contributed by atoms with Crippen molar-refractivity contribution in [1.82, 2.24) is 10.2 Å². The molecule has 3 rings (SSSR count). The van der Waals surface area contributed by atoms with Crippen molar-refractivity contribution in [1.29, 1.82) is 0 Å². The zero-order valence-electron chi connectivity index (χ0n) is 14.1. The molecule has 0 amide bonds. The fourth-order valence-electron chi connectivity index (χ4n) is 3.06. The highest BCUT2D eigenvalue weighted by Crippen LogP contribution is 2.35. The molecule has 1 aromatic heterocycles. The van der Waals surface area contributed by atoms with Crippen molar-refractivity contribution in [3.05, 3.63) is 64.8 Å². The fourth-order valence-corrected chi connectivity index (χ4v) is 3.06. The lowest BCUT2D eigenvalue weighted by atomic mass is 9.97. The van der Waals surface area contributed by atoms with Gasteiger partial charge in [-0.3, -0.25) is 0 Å². The first-order chi connectivity index (χ1) is 11.8. The van der Waals surface area contributed by atoms with Crippen molar-refractivity contribution in [2.75, 3.05) is 5.32 Å². The van der Waals surface area contributed by atoms with Crippen LogP contribution in [0.4, 0.5) is 19.0 Å². The SMILES string of the molecule is Cc1c(C(C)Nc2nnc(C)c3ccccc23)cccc1C(F)(F)F. The molecule has 2 aromatic carbocycles. The third-order valence-electron chi connectivity index (χ3n) is 4.37. The lowest BCUT2D eigenvalue weighted by Crippen LogP contribution is -2.14.